The van der Waals surface area contributed by atoms with Gasteiger partial charge in [0.15, 0.2) is 5.82 Å². The van der Waals surface area contributed by atoms with Crippen LogP contribution in [0.25, 0.3) is 11.5 Å². The van der Waals surface area contributed by atoms with Crippen LogP contribution in [-0.4, -0.2) is 10.1 Å². The molecule has 21 heavy (non-hydrogen) atoms. The molecule has 2 aromatic rings. The van der Waals surface area contributed by atoms with Crippen molar-refractivity contribution in [2.24, 2.45) is 11.7 Å². The third kappa shape index (κ3) is 2.72. The number of hydrogen-bond donors (Lipinski definition) is 1. The second kappa shape index (κ2) is 5.26. The maximum Gasteiger partial charge on any atom is 0.258 e. The van der Waals surface area contributed by atoms with Crippen molar-refractivity contribution < 1.29 is 4.52 Å². The Morgan fingerprint density at radius 2 is 2.14 bits per heavy atom. The van der Waals surface area contributed by atoms with Gasteiger partial charge in [-0.15, -0.1) is 0 Å². The molecule has 1 saturated carbocycles. The summed E-state index contributed by atoms with van der Waals surface area (Å²) in [5.74, 6) is 1.85. The molecule has 1 heterocycles. The maximum absolute atomic E-state index is 6.54. The number of nitrogens with two attached hydrogens (primary N) is 1. The number of nitrogens with zero attached hydrogens (tertiary/aromatic N) is 2. The predicted octanol–water partition coefficient (Wildman–Crippen LogP) is 3.72. The van der Waals surface area contributed by atoms with Gasteiger partial charge in [0, 0.05) is 5.56 Å². The molecule has 2 atom stereocenters. The lowest BCUT2D eigenvalue weighted by atomic mass is 9.76. The van der Waals surface area contributed by atoms with E-state index in [0.717, 1.165) is 30.4 Å². The lowest BCUT2D eigenvalue weighted by Crippen LogP contribution is -2.42. The topological polar surface area (TPSA) is 64.9 Å². The van der Waals surface area contributed by atoms with E-state index in [1.54, 1.807) is 0 Å². The van der Waals surface area contributed by atoms with Crippen molar-refractivity contribution in [1.29, 1.82) is 0 Å². The van der Waals surface area contributed by atoms with Gasteiger partial charge >= 0.3 is 0 Å². The number of aryl methyl sites for hydroxylation is 2. The molecule has 2 unspecified atom stereocenters. The number of benzene rings is 1. The second-order valence-electron chi connectivity index (χ2n) is 6.60. The van der Waals surface area contributed by atoms with Crippen LogP contribution in [0.15, 0.2) is 22.7 Å². The molecule has 1 aromatic carbocycles. The number of aromatic nitrogens is 2. The first-order chi connectivity index (χ1) is 9.98. The summed E-state index contributed by atoms with van der Waals surface area (Å²) in [6.45, 7) is 6.38. The normalized spacial score (nSPS) is 26.0. The predicted molar refractivity (Wildman–Crippen MR) is 82.7 cm³/mol. The Morgan fingerprint density at radius 1 is 1.33 bits per heavy atom. The highest BCUT2D eigenvalue weighted by Gasteiger charge is 2.37. The van der Waals surface area contributed by atoms with Crippen molar-refractivity contribution in [3.8, 4) is 11.5 Å². The molecule has 1 aliphatic carbocycles. The first kappa shape index (κ1) is 14.3. The molecule has 0 bridgehead atoms. The molecule has 112 valence electrons. The molecule has 4 nitrogen and oxygen atoms in total. The molecular weight excluding hydrogens is 262 g/mol. The summed E-state index contributed by atoms with van der Waals surface area (Å²) in [6, 6.07) is 6.22. The van der Waals surface area contributed by atoms with E-state index in [-0.39, 0.29) is 0 Å². The van der Waals surface area contributed by atoms with Crippen LogP contribution < -0.4 is 5.73 Å². The Hall–Kier alpha value is -1.68. The molecule has 0 aliphatic heterocycles. The lowest BCUT2D eigenvalue weighted by molar-refractivity contribution is 0.222. The number of rotatable bonds is 2. The van der Waals surface area contributed by atoms with Crippen molar-refractivity contribution in [2.45, 2.75) is 52.0 Å². The van der Waals surface area contributed by atoms with Crippen molar-refractivity contribution >= 4 is 0 Å². The Labute approximate surface area is 125 Å². The summed E-state index contributed by atoms with van der Waals surface area (Å²) in [5, 5.41) is 4.17. The van der Waals surface area contributed by atoms with Gasteiger partial charge in [-0.25, -0.2) is 0 Å². The summed E-state index contributed by atoms with van der Waals surface area (Å²) < 4.78 is 5.48. The second-order valence-corrected chi connectivity index (χ2v) is 6.60. The van der Waals surface area contributed by atoms with Crippen molar-refractivity contribution in [3.63, 3.8) is 0 Å². The molecule has 0 radical (unpaired) electrons. The molecule has 0 saturated heterocycles. The third-order valence-electron chi connectivity index (χ3n) is 4.52. The lowest BCUT2D eigenvalue weighted by Gasteiger charge is -2.33. The first-order valence-corrected chi connectivity index (χ1v) is 7.69. The van der Waals surface area contributed by atoms with Crippen LogP contribution in [0.4, 0.5) is 0 Å². The Bertz CT molecular complexity index is 649. The van der Waals surface area contributed by atoms with Crippen LogP contribution >= 0.6 is 0 Å². The summed E-state index contributed by atoms with van der Waals surface area (Å²) in [4.78, 5) is 4.60. The van der Waals surface area contributed by atoms with Gasteiger partial charge in [0.2, 0.25) is 0 Å². The van der Waals surface area contributed by atoms with E-state index in [9.17, 15) is 0 Å². The zero-order valence-corrected chi connectivity index (χ0v) is 13.0. The fraction of sp³-hybridized carbons (Fsp3) is 0.529. The molecule has 3 rings (SSSR count). The van der Waals surface area contributed by atoms with E-state index in [4.69, 9.17) is 10.3 Å². The highest BCUT2D eigenvalue weighted by molar-refractivity contribution is 5.58. The van der Waals surface area contributed by atoms with Crippen LogP contribution in [-0.2, 0) is 5.54 Å². The first-order valence-electron chi connectivity index (χ1n) is 7.69. The summed E-state index contributed by atoms with van der Waals surface area (Å²) in [5.41, 5.74) is 9.47. The highest BCUT2D eigenvalue weighted by atomic mass is 16.5. The summed E-state index contributed by atoms with van der Waals surface area (Å²) >= 11 is 0. The Balaban J connectivity index is 1.92. The van der Waals surface area contributed by atoms with Gasteiger partial charge in [-0.2, -0.15) is 4.98 Å². The fourth-order valence-corrected chi connectivity index (χ4v) is 3.38. The standard InChI is InChI=1S/C17H23N3O/c1-11-6-7-14(13(3)9-11)15-19-16(20-21-15)17(18)8-4-5-12(2)10-17/h6-7,9,12H,4-5,8,10,18H2,1-3H3. The molecule has 0 spiro atoms. The van der Waals surface area contributed by atoms with Gasteiger partial charge in [-0.05, 0) is 44.2 Å². The van der Waals surface area contributed by atoms with Gasteiger partial charge in [0.25, 0.3) is 5.89 Å². The van der Waals surface area contributed by atoms with Crippen molar-refractivity contribution in [3.05, 3.63) is 35.2 Å². The minimum atomic E-state index is -0.433. The van der Waals surface area contributed by atoms with E-state index in [0.29, 0.717) is 17.6 Å². The van der Waals surface area contributed by atoms with E-state index in [2.05, 4.69) is 43.0 Å². The maximum atomic E-state index is 6.54. The number of hydrogen-bond acceptors (Lipinski definition) is 4. The molecular formula is C17H23N3O. The zero-order valence-electron chi connectivity index (χ0n) is 13.0. The quantitative estimate of drug-likeness (QED) is 0.913. The third-order valence-corrected chi connectivity index (χ3v) is 4.52. The van der Waals surface area contributed by atoms with E-state index in [1.165, 1.54) is 12.0 Å². The monoisotopic (exact) mass is 285 g/mol. The van der Waals surface area contributed by atoms with Gasteiger partial charge in [-0.3, -0.25) is 0 Å². The minimum absolute atomic E-state index is 0.433. The van der Waals surface area contributed by atoms with Gasteiger partial charge in [0.05, 0.1) is 5.54 Å². The van der Waals surface area contributed by atoms with Gasteiger partial charge in [-0.1, -0.05) is 42.6 Å². The van der Waals surface area contributed by atoms with Crippen molar-refractivity contribution in [1.82, 2.24) is 10.1 Å². The van der Waals surface area contributed by atoms with E-state index in [1.807, 2.05) is 6.07 Å². The average Bonchev–Trinajstić information content (AvgIpc) is 2.88. The molecule has 1 aromatic heterocycles. The molecule has 4 heteroatoms. The molecule has 0 amide bonds. The molecule has 1 aliphatic rings. The van der Waals surface area contributed by atoms with Crippen LogP contribution in [0.3, 0.4) is 0 Å². The zero-order chi connectivity index (χ0) is 15.0. The summed E-state index contributed by atoms with van der Waals surface area (Å²) in [6.07, 6.45) is 4.23. The van der Waals surface area contributed by atoms with Gasteiger partial charge < -0.3 is 10.3 Å². The molecule has 1 fully saturated rings. The van der Waals surface area contributed by atoms with Crippen LogP contribution in [0, 0.1) is 19.8 Å². The van der Waals surface area contributed by atoms with Crippen LogP contribution in [0.2, 0.25) is 0 Å². The Kier molecular flexibility index (Phi) is 3.57. The summed E-state index contributed by atoms with van der Waals surface area (Å²) in [7, 11) is 0. The average molecular weight is 285 g/mol. The minimum Gasteiger partial charge on any atom is -0.334 e. The van der Waals surface area contributed by atoms with Crippen LogP contribution in [0.1, 0.15) is 49.6 Å². The van der Waals surface area contributed by atoms with Gasteiger partial charge in [0.1, 0.15) is 0 Å². The van der Waals surface area contributed by atoms with E-state index >= 15 is 0 Å². The van der Waals surface area contributed by atoms with E-state index < -0.39 is 5.54 Å². The largest absolute Gasteiger partial charge is 0.334 e. The van der Waals surface area contributed by atoms with Crippen LogP contribution in [0.5, 0.6) is 0 Å². The fourth-order valence-electron chi connectivity index (χ4n) is 3.38. The van der Waals surface area contributed by atoms with Crippen molar-refractivity contribution in [2.75, 3.05) is 0 Å². The highest BCUT2D eigenvalue weighted by Crippen LogP contribution is 2.37. The smallest absolute Gasteiger partial charge is 0.258 e. The SMILES string of the molecule is Cc1ccc(-c2nc(C3(N)CCCC(C)C3)no2)c(C)c1. The molecule has 2 N–H and O–H groups in total. The Morgan fingerprint density at radius 3 is 2.86 bits per heavy atom.